The van der Waals surface area contributed by atoms with Crippen LogP contribution in [0.3, 0.4) is 0 Å². The van der Waals surface area contributed by atoms with E-state index in [0.29, 0.717) is 19.4 Å². The van der Waals surface area contributed by atoms with Gasteiger partial charge in [-0.1, -0.05) is 32.6 Å². The average molecular weight is 301 g/mol. The van der Waals surface area contributed by atoms with Crippen molar-refractivity contribution in [2.75, 3.05) is 6.54 Å². The van der Waals surface area contributed by atoms with E-state index in [0.717, 1.165) is 32.1 Å². The van der Waals surface area contributed by atoms with Gasteiger partial charge < -0.3 is 21.5 Å². The Morgan fingerprint density at radius 3 is 2.33 bits per heavy atom. The van der Waals surface area contributed by atoms with Crippen molar-refractivity contribution in [2.45, 2.75) is 64.3 Å². The Labute approximate surface area is 125 Å². The molecule has 0 aliphatic heterocycles. The summed E-state index contributed by atoms with van der Waals surface area (Å²) in [5, 5.41) is 13.9. The number of unbranched alkanes of at least 4 members (excludes halogenated alkanes) is 4. The van der Waals surface area contributed by atoms with Crippen LogP contribution in [-0.4, -0.2) is 35.6 Å². The standard InChI is InChI=1S/C14H27N3O4/c1-2-3-4-5-6-9-12(18)17-11(13(19)20)8-7-10-16-14(15)21/h11H,2-10H2,1H3,(H,17,18)(H,19,20)(H3,15,16,21)/t11-/m0/s1. The Kier molecular flexibility index (Phi) is 11.0. The molecule has 0 saturated carbocycles. The number of rotatable bonds is 12. The van der Waals surface area contributed by atoms with Gasteiger partial charge in [0.25, 0.3) is 0 Å². The predicted molar refractivity (Wildman–Crippen MR) is 79.8 cm³/mol. The van der Waals surface area contributed by atoms with Gasteiger partial charge in [0.15, 0.2) is 0 Å². The first-order valence-electron chi connectivity index (χ1n) is 7.52. The molecule has 0 spiro atoms. The molecule has 0 aliphatic carbocycles. The minimum absolute atomic E-state index is 0.234. The zero-order chi connectivity index (χ0) is 16.1. The van der Waals surface area contributed by atoms with Crippen LogP contribution in [0.5, 0.6) is 0 Å². The van der Waals surface area contributed by atoms with E-state index in [2.05, 4.69) is 17.6 Å². The fraction of sp³-hybridized carbons (Fsp3) is 0.786. The van der Waals surface area contributed by atoms with Gasteiger partial charge in [-0.05, 0) is 19.3 Å². The maximum Gasteiger partial charge on any atom is 0.326 e. The quantitative estimate of drug-likeness (QED) is 0.407. The lowest BCUT2D eigenvalue weighted by Gasteiger charge is -2.14. The van der Waals surface area contributed by atoms with Crippen LogP contribution in [0, 0.1) is 0 Å². The molecule has 0 fully saturated rings. The molecule has 3 amide bonds. The highest BCUT2D eigenvalue weighted by atomic mass is 16.4. The van der Waals surface area contributed by atoms with Crippen molar-refractivity contribution in [3.05, 3.63) is 0 Å². The number of urea groups is 1. The van der Waals surface area contributed by atoms with Crippen LogP contribution in [0.1, 0.15) is 58.3 Å². The first-order chi connectivity index (χ1) is 9.97. The lowest BCUT2D eigenvalue weighted by atomic mass is 10.1. The van der Waals surface area contributed by atoms with Gasteiger partial charge in [0.05, 0.1) is 0 Å². The number of hydrogen-bond acceptors (Lipinski definition) is 3. The molecule has 5 N–H and O–H groups in total. The van der Waals surface area contributed by atoms with Gasteiger partial charge in [-0.15, -0.1) is 0 Å². The smallest absolute Gasteiger partial charge is 0.326 e. The molecule has 0 saturated heterocycles. The molecular weight excluding hydrogens is 274 g/mol. The summed E-state index contributed by atoms with van der Waals surface area (Å²) in [5.41, 5.74) is 4.90. The van der Waals surface area contributed by atoms with E-state index in [1.807, 2.05) is 0 Å². The summed E-state index contributed by atoms with van der Waals surface area (Å²) >= 11 is 0. The van der Waals surface area contributed by atoms with Crippen molar-refractivity contribution in [2.24, 2.45) is 5.73 Å². The molecule has 0 bridgehead atoms. The van der Waals surface area contributed by atoms with Gasteiger partial charge >= 0.3 is 12.0 Å². The fourth-order valence-corrected chi connectivity index (χ4v) is 1.93. The molecule has 122 valence electrons. The van der Waals surface area contributed by atoms with Gasteiger partial charge in [-0.3, -0.25) is 4.79 Å². The van der Waals surface area contributed by atoms with E-state index in [-0.39, 0.29) is 12.3 Å². The molecule has 0 aromatic heterocycles. The van der Waals surface area contributed by atoms with Crippen LogP contribution in [0.4, 0.5) is 4.79 Å². The number of primary amides is 1. The first-order valence-corrected chi connectivity index (χ1v) is 7.52. The maximum atomic E-state index is 11.7. The molecule has 0 aromatic rings. The van der Waals surface area contributed by atoms with Crippen LogP contribution < -0.4 is 16.4 Å². The number of amides is 3. The van der Waals surface area contributed by atoms with E-state index >= 15 is 0 Å². The number of carboxylic acid groups (broad SMARTS) is 1. The predicted octanol–water partition coefficient (Wildman–Crippen LogP) is 1.36. The van der Waals surface area contributed by atoms with Crippen LogP contribution in [-0.2, 0) is 9.59 Å². The zero-order valence-electron chi connectivity index (χ0n) is 12.7. The third-order valence-corrected chi connectivity index (χ3v) is 3.11. The molecule has 0 radical (unpaired) electrons. The molecule has 1 atom stereocenters. The van der Waals surface area contributed by atoms with Crippen molar-refractivity contribution in [1.29, 1.82) is 0 Å². The van der Waals surface area contributed by atoms with Crippen LogP contribution in [0.2, 0.25) is 0 Å². The van der Waals surface area contributed by atoms with Crippen molar-refractivity contribution in [1.82, 2.24) is 10.6 Å². The lowest BCUT2D eigenvalue weighted by Crippen LogP contribution is -2.41. The fourth-order valence-electron chi connectivity index (χ4n) is 1.93. The molecule has 0 rings (SSSR count). The Balaban J connectivity index is 3.88. The van der Waals surface area contributed by atoms with Crippen molar-refractivity contribution < 1.29 is 19.5 Å². The Morgan fingerprint density at radius 2 is 1.76 bits per heavy atom. The Bertz CT molecular complexity index is 334. The van der Waals surface area contributed by atoms with E-state index in [9.17, 15) is 14.4 Å². The number of carboxylic acids is 1. The summed E-state index contributed by atoms with van der Waals surface area (Å²) in [7, 11) is 0. The van der Waals surface area contributed by atoms with Gasteiger partial charge in [-0.25, -0.2) is 9.59 Å². The largest absolute Gasteiger partial charge is 0.480 e. The van der Waals surface area contributed by atoms with E-state index < -0.39 is 18.0 Å². The summed E-state index contributed by atoms with van der Waals surface area (Å²) in [6.07, 6.45) is 6.23. The second-order valence-corrected chi connectivity index (χ2v) is 5.06. The summed E-state index contributed by atoms with van der Waals surface area (Å²) in [4.78, 5) is 33.2. The minimum Gasteiger partial charge on any atom is -0.480 e. The summed E-state index contributed by atoms with van der Waals surface area (Å²) in [6.45, 7) is 2.42. The van der Waals surface area contributed by atoms with Crippen molar-refractivity contribution in [3.63, 3.8) is 0 Å². The zero-order valence-corrected chi connectivity index (χ0v) is 12.7. The van der Waals surface area contributed by atoms with Crippen molar-refractivity contribution in [3.8, 4) is 0 Å². The topological polar surface area (TPSA) is 122 Å². The lowest BCUT2D eigenvalue weighted by molar-refractivity contribution is -0.142. The highest BCUT2D eigenvalue weighted by Gasteiger charge is 2.19. The summed E-state index contributed by atoms with van der Waals surface area (Å²) in [6, 6.07) is -1.55. The number of nitrogens with one attached hydrogen (secondary N) is 2. The molecule has 0 aliphatic rings. The number of aliphatic carboxylic acids is 1. The van der Waals surface area contributed by atoms with Gasteiger partial charge in [0, 0.05) is 13.0 Å². The second-order valence-electron chi connectivity index (χ2n) is 5.06. The third-order valence-electron chi connectivity index (χ3n) is 3.11. The normalized spacial score (nSPS) is 11.7. The molecule has 7 nitrogen and oxygen atoms in total. The van der Waals surface area contributed by atoms with Crippen LogP contribution >= 0.6 is 0 Å². The third kappa shape index (κ3) is 11.7. The van der Waals surface area contributed by atoms with Crippen molar-refractivity contribution >= 4 is 17.9 Å². The Hall–Kier alpha value is -1.79. The average Bonchev–Trinajstić information content (AvgIpc) is 2.41. The van der Waals surface area contributed by atoms with E-state index in [1.54, 1.807) is 0 Å². The minimum atomic E-state index is -1.06. The molecule has 21 heavy (non-hydrogen) atoms. The highest BCUT2D eigenvalue weighted by Crippen LogP contribution is 2.05. The summed E-state index contributed by atoms with van der Waals surface area (Å²) < 4.78 is 0. The number of nitrogens with two attached hydrogens (primary N) is 1. The highest BCUT2D eigenvalue weighted by molar-refractivity contribution is 5.83. The molecule has 7 heteroatoms. The molecule has 0 heterocycles. The number of carbonyl (C=O) groups excluding carboxylic acids is 2. The van der Waals surface area contributed by atoms with Crippen LogP contribution in [0.15, 0.2) is 0 Å². The Morgan fingerprint density at radius 1 is 1.10 bits per heavy atom. The first kappa shape index (κ1) is 19.2. The SMILES string of the molecule is CCCCCCCC(=O)N[C@@H](CCCNC(N)=O)C(=O)O. The maximum absolute atomic E-state index is 11.7. The number of hydrogen-bond donors (Lipinski definition) is 4. The van der Waals surface area contributed by atoms with Gasteiger partial charge in [-0.2, -0.15) is 0 Å². The van der Waals surface area contributed by atoms with Gasteiger partial charge in [0.1, 0.15) is 6.04 Å². The van der Waals surface area contributed by atoms with E-state index in [1.165, 1.54) is 0 Å². The second kappa shape index (κ2) is 12.0. The summed E-state index contributed by atoms with van der Waals surface area (Å²) in [5.74, 6) is -1.30. The molecule has 0 aromatic carbocycles. The number of carbonyl (C=O) groups is 3. The van der Waals surface area contributed by atoms with Gasteiger partial charge in [0.2, 0.25) is 5.91 Å². The molecule has 0 unspecified atom stereocenters. The van der Waals surface area contributed by atoms with Crippen LogP contribution in [0.25, 0.3) is 0 Å². The molecular formula is C14H27N3O4. The van der Waals surface area contributed by atoms with E-state index in [4.69, 9.17) is 10.8 Å². The monoisotopic (exact) mass is 301 g/mol.